The highest BCUT2D eigenvalue weighted by atomic mass is 32.2. The second-order valence-electron chi connectivity index (χ2n) is 10.8. The molecule has 0 radical (unpaired) electrons. The summed E-state index contributed by atoms with van der Waals surface area (Å²) < 4.78 is 28.4. The van der Waals surface area contributed by atoms with Crippen LogP contribution in [0.4, 0.5) is 0 Å². The molecule has 0 bridgehead atoms. The Bertz CT molecular complexity index is 906. The third kappa shape index (κ3) is 12.7. The van der Waals surface area contributed by atoms with Gasteiger partial charge in [0.15, 0.2) is 0 Å². The number of amides is 1. The Hall–Kier alpha value is -1.93. The van der Waals surface area contributed by atoms with E-state index in [1.165, 1.54) is 69.1 Å². The zero-order valence-corrected chi connectivity index (χ0v) is 24.2. The average Bonchev–Trinajstić information content (AvgIpc) is 3.39. The molecule has 0 aliphatic carbocycles. The van der Waals surface area contributed by atoms with Crippen molar-refractivity contribution < 1.29 is 23.1 Å². The highest BCUT2D eigenvalue weighted by Crippen LogP contribution is 2.20. The van der Waals surface area contributed by atoms with Crippen LogP contribution in [0.5, 0.6) is 0 Å². The van der Waals surface area contributed by atoms with Crippen molar-refractivity contribution in [3.8, 4) is 0 Å². The van der Waals surface area contributed by atoms with E-state index in [-0.39, 0.29) is 12.2 Å². The van der Waals surface area contributed by atoms with Crippen LogP contribution in [-0.2, 0) is 26.0 Å². The molecule has 1 saturated heterocycles. The number of aliphatic carboxylic acids is 1. The molecule has 1 aliphatic rings. The van der Waals surface area contributed by atoms with Crippen LogP contribution in [0.25, 0.3) is 0 Å². The number of carbonyl (C=O) groups excluding carboxylic acids is 1. The Morgan fingerprint density at radius 1 is 0.895 bits per heavy atom. The number of carbonyl (C=O) groups is 2. The lowest BCUT2D eigenvalue weighted by atomic mass is 10.0. The van der Waals surface area contributed by atoms with Crippen LogP contribution in [0.2, 0.25) is 0 Å². The van der Waals surface area contributed by atoms with E-state index in [4.69, 9.17) is 0 Å². The van der Waals surface area contributed by atoms with E-state index < -0.39 is 34.0 Å². The van der Waals surface area contributed by atoms with E-state index in [2.05, 4.69) is 11.6 Å². The number of hydrogen-bond donors (Lipinski definition) is 2. The van der Waals surface area contributed by atoms with Crippen LogP contribution >= 0.6 is 0 Å². The van der Waals surface area contributed by atoms with Crippen molar-refractivity contribution in [1.82, 2.24) is 9.62 Å². The number of carboxylic acid groups (broad SMARTS) is 1. The molecule has 38 heavy (non-hydrogen) atoms. The van der Waals surface area contributed by atoms with Gasteiger partial charge in [-0.25, -0.2) is 17.9 Å². The standard InChI is InChI=1S/C30H50N2O5S/c1-2-3-4-5-6-7-8-9-10-11-12-13-14-18-24-38(36,37)31-27(25-26-20-16-15-17-21-26)29(33)32-23-19-22-28(32)30(34)35/h15-17,20-21,27-28,31H,2-14,18-19,22-25H2,1H3,(H,34,35)/t27-,28+/m1/s1. The lowest BCUT2D eigenvalue weighted by Gasteiger charge is -2.27. The van der Waals surface area contributed by atoms with Crippen LogP contribution < -0.4 is 4.72 Å². The maximum Gasteiger partial charge on any atom is 0.326 e. The first-order valence-electron chi connectivity index (χ1n) is 14.9. The fourth-order valence-corrected chi connectivity index (χ4v) is 6.60. The van der Waals surface area contributed by atoms with Crippen molar-refractivity contribution in [2.45, 2.75) is 128 Å². The largest absolute Gasteiger partial charge is 0.480 e. The monoisotopic (exact) mass is 550 g/mol. The zero-order valence-electron chi connectivity index (χ0n) is 23.4. The molecular weight excluding hydrogens is 500 g/mol. The van der Waals surface area contributed by atoms with Crippen molar-refractivity contribution in [3.05, 3.63) is 35.9 Å². The molecule has 1 aliphatic heterocycles. The van der Waals surface area contributed by atoms with E-state index in [9.17, 15) is 23.1 Å². The summed E-state index contributed by atoms with van der Waals surface area (Å²) in [6, 6.07) is 7.35. The predicted octanol–water partition coefficient (Wildman–Crippen LogP) is 6.07. The Labute approximate surface area is 230 Å². The average molecular weight is 551 g/mol. The molecule has 1 aromatic rings. The SMILES string of the molecule is CCCCCCCCCCCCCCCCS(=O)(=O)N[C@H](Cc1ccccc1)C(=O)N1CCC[C@H]1C(=O)O. The summed E-state index contributed by atoms with van der Waals surface area (Å²) in [7, 11) is -3.67. The third-order valence-corrected chi connectivity index (χ3v) is 8.96. The van der Waals surface area contributed by atoms with E-state index in [1.807, 2.05) is 30.3 Å². The Balaban J connectivity index is 1.72. The predicted molar refractivity (Wildman–Crippen MR) is 154 cm³/mol. The third-order valence-electron chi connectivity index (χ3n) is 7.49. The second kappa shape index (κ2) is 18.4. The molecule has 7 nitrogen and oxygen atoms in total. The van der Waals surface area contributed by atoms with Gasteiger partial charge in [-0.3, -0.25) is 4.79 Å². The van der Waals surface area contributed by atoms with Crippen LogP contribution in [0.15, 0.2) is 30.3 Å². The number of unbranched alkanes of at least 4 members (excludes halogenated alkanes) is 13. The number of nitrogens with zero attached hydrogens (tertiary/aromatic N) is 1. The first-order valence-corrected chi connectivity index (χ1v) is 16.6. The minimum Gasteiger partial charge on any atom is -0.480 e. The minimum atomic E-state index is -3.67. The van der Waals surface area contributed by atoms with Gasteiger partial charge in [0.2, 0.25) is 15.9 Å². The number of rotatable bonds is 21. The van der Waals surface area contributed by atoms with Crippen molar-refractivity contribution in [3.63, 3.8) is 0 Å². The maximum absolute atomic E-state index is 13.3. The van der Waals surface area contributed by atoms with Gasteiger partial charge >= 0.3 is 5.97 Å². The highest BCUT2D eigenvalue weighted by Gasteiger charge is 2.38. The molecular formula is C30H50N2O5S. The minimum absolute atomic E-state index is 0.0219. The molecule has 2 rings (SSSR count). The number of nitrogens with one attached hydrogen (secondary N) is 1. The summed E-state index contributed by atoms with van der Waals surface area (Å²) >= 11 is 0. The molecule has 216 valence electrons. The molecule has 1 fully saturated rings. The molecule has 1 amide bonds. The van der Waals surface area contributed by atoms with Crippen molar-refractivity contribution in [2.24, 2.45) is 0 Å². The number of likely N-dealkylation sites (tertiary alicyclic amines) is 1. The van der Waals surface area contributed by atoms with Crippen molar-refractivity contribution in [1.29, 1.82) is 0 Å². The molecule has 8 heteroatoms. The highest BCUT2D eigenvalue weighted by molar-refractivity contribution is 7.89. The fraction of sp³-hybridized carbons (Fsp3) is 0.733. The Morgan fingerprint density at radius 2 is 1.42 bits per heavy atom. The van der Waals surface area contributed by atoms with Crippen molar-refractivity contribution in [2.75, 3.05) is 12.3 Å². The number of sulfonamides is 1. The van der Waals surface area contributed by atoms with Crippen LogP contribution in [0.1, 0.15) is 115 Å². The van der Waals surface area contributed by atoms with E-state index in [1.54, 1.807) is 0 Å². The van der Waals surface area contributed by atoms with E-state index >= 15 is 0 Å². The Kier molecular flexibility index (Phi) is 15.6. The van der Waals surface area contributed by atoms with Gasteiger partial charge in [0, 0.05) is 6.54 Å². The van der Waals surface area contributed by atoms with Gasteiger partial charge in [-0.15, -0.1) is 0 Å². The first kappa shape index (κ1) is 32.3. The van der Waals surface area contributed by atoms with Crippen molar-refractivity contribution >= 4 is 21.9 Å². The lowest BCUT2D eigenvalue weighted by molar-refractivity contribution is -0.148. The smallest absolute Gasteiger partial charge is 0.326 e. The molecule has 2 atom stereocenters. The zero-order chi connectivity index (χ0) is 27.6. The van der Waals surface area contributed by atoms with E-state index in [0.717, 1.165) is 24.8 Å². The molecule has 2 N–H and O–H groups in total. The van der Waals surface area contributed by atoms with Gasteiger partial charge in [0.25, 0.3) is 0 Å². The number of benzene rings is 1. The molecule has 0 saturated carbocycles. The topological polar surface area (TPSA) is 104 Å². The Morgan fingerprint density at radius 3 is 1.95 bits per heavy atom. The summed E-state index contributed by atoms with van der Waals surface area (Å²) in [6.45, 7) is 2.58. The fourth-order valence-electron chi connectivity index (χ4n) is 5.28. The first-order chi connectivity index (χ1) is 18.3. The van der Waals surface area contributed by atoms with Gasteiger partial charge in [-0.2, -0.15) is 0 Å². The van der Waals surface area contributed by atoms with Gasteiger partial charge in [-0.1, -0.05) is 121 Å². The van der Waals surface area contributed by atoms with Crippen LogP contribution in [0.3, 0.4) is 0 Å². The molecule has 1 heterocycles. The van der Waals surface area contributed by atoms with Crippen LogP contribution in [0, 0.1) is 0 Å². The summed E-state index contributed by atoms with van der Waals surface area (Å²) in [5, 5.41) is 9.50. The summed E-state index contributed by atoms with van der Waals surface area (Å²) in [6.07, 6.45) is 17.9. The molecule has 0 spiro atoms. The van der Waals surface area contributed by atoms with Gasteiger partial charge in [-0.05, 0) is 31.2 Å². The second-order valence-corrected chi connectivity index (χ2v) is 12.7. The summed E-state index contributed by atoms with van der Waals surface area (Å²) in [4.78, 5) is 26.2. The summed E-state index contributed by atoms with van der Waals surface area (Å²) in [5.74, 6) is -1.52. The summed E-state index contributed by atoms with van der Waals surface area (Å²) in [5.41, 5.74) is 0.830. The number of carboxylic acids is 1. The van der Waals surface area contributed by atoms with Gasteiger partial charge < -0.3 is 10.0 Å². The molecule has 0 aromatic heterocycles. The lowest BCUT2D eigenvalue weighted by Crippen LogP contribution is -2.52. The molecule has 0 unspecified atom stereocenters. The quantitative estimate of drug-likeness (QED) is 0.181. The van der Waals surface area contributed by atoms with Gasteiger partial charge in [0.1, 0.15) is 12.1 Å². The molecule has 1 aromatic carbocycles. The number of hydrogen-bond acceptors (Lipinski definition) is 4. The maximum atomic E-state index is 13.3. The van der Waals surface area contributed by atoms with Gasteiger partial charge in [0.05, 0.1) is 5.75 Å². The normalized spacial score (nSPS) is 16.6. The van der Waals surface area contributed by atoms with E-state index in [0.29, 0.717) is 25.8 Å². The van der Waals surface area contributed by atoms with Crippen LogP contribution in [-0.4, -0.2) is 54.7 Å².